The second kappa shape index (κ2) is 6.44. The average Bonchev–Trinajstić information content (AvgIpc) is 3.03. The summed E-state index contributed by atoms with van der Waals surface area (Å²) in [5, 5.41) is 0. The van der Waals surface area contributed by atoms with Crippen molar-refractivity contribution in [1.82, 2.24) is 9.55 Å². The molecule has 2 N–H and O–H groups in total. The summed E-state index contributed by atoms with van der Waals surface area (Å²) < 4.78 is 2.31. The zero-order valence-corrected chi connectivity index (χ0v) is 12.8. The van der Waals surface area contributed by atoms with E-state index in [2.05, 4.69) is 25.3 Å². The van der Waals surface area contributed by atoms with Crippen molar-refractivity contribution in [2.75, 3.05) is 5.73 Å². The van der Waals surface area contributed by atoms with E-state index in [-0.39, 0.29) is 0 Å². The molecule has 3 heteroatoms. The Morgan fingerprint density at radius 1 is 1.21 bits per heavy atom. The van der Waals surface area contributed by atoms with Gasteiger partial charge in [-0.3, -0.25) is 0 Å². The van der Waals surface area contributed by atoms with Gasteiger partial charge in [0.05, 0.1) is 5.69 Å². The third kappa shape index (κ3) is 2.80. The summed E-state index contributed by atoms with van der Waals surface area (Å²) in [7, 11) is 0. The SMILES string of the molecule is CCCn1c(C2CCCC2)nc(C(CC)CC)c1N. The lowest BCUT2D eigenvalue weighted by molar-refractivity contribution is 0.577. The highest BCUT2D eigenvalue weighted by Crippen LogP contribution is 2.37. The Hall–Kier alpha value is -0.990. The van der Waals surface area contributed by atoms with Crippen LogP contribution in [-0.4, -0.2) is 9.55 Å². The van der Waals surface area contributed by atoms with Crippen molar-refractivity contribution in [3.05, 3.63) is 11.5 Å². The monoisotopic (exact) mass is 263 g/mol. The van der Waals surface area contributed by atoms with Crippen LogP contribution in [0.15, 0.2) is 0 Å². The fourth-order valence-electron chi connectivity index (χ4n) is 3.43. The first kappa shape index (κ1) is 14.4. The fraction of sp³-hybridized carbons (Fsp3) is 0.812. The van der Waals surface area contributed by atoms with E-state index < -0.39 is 0 Å². The lowest BCUT2D eigenvalue weighted by atomic mass is 9.99. The second-order valence-corrected chi connectivity index (χ2v) is 5.89. The van der Waals surface area contributed by atoms with Gasteiger partial charge in [-0.15, -0.1) is 0 Å². The van der Waals surface area contributed by atoms with Crippen LogP contribution in [0.3, 0.4) is 0 Å². The van der Waals surface area contributed by atoms with Crippen LogP contribution in [0.4, 0.5) is 5.82 Å². The van der Waals surface area contributed by atoms with Gasteiger partial charge in [0.25, 0.3) is 0 Å². The molecule has 0 spiro atoms. The summed E-state index contributed by atoms with van der Waals surface area (Å²) in [6.07, 6.45) is 8.68. The van der Waals surface area contributed by atoms with Gasteiger partial charge < -0.3 is 10.3 Å². The maximum atomic E-state index is 6.41. The Morgan fingerprint density at radius 2 is 1.84 bits per heavy atom. The Labute approximate surface area is 117 Å². The van der Waals surface area contributed by atoms with Crippen molar-refractivity contribution in [3.8, 4) is 0 Å². The average molecular weight is 263 g/mol. The third-order valence-electron chi connectivity index (χ3n) is 4.60. The quantitative estimate of drug-likeness (QED) is 0.824. The minimum Gasteiger partial charge on any atom is -0.384 e. The zero-order chi connectivity index (χ0) is 13.8. The Morgan fingerprint density at radius 3 is 2.37 bits per heavy atom. The fourth-order valence-corrected chi connectivity index (χ4v) is 3.43. The molecule has 2 rings (SSSR count). The molecule has 0 aliphatic heterocycles. The molecule has 0 atom stereocenters. The topological polar surface area (TPSA) is 43.8 Å². The summed E-state index contributed by atoms with van der Waals surface area (Å²) in [6, 6.07) is 0. The van der Waals surface area contributed by atoms with Crippen LogP contribution in [0.25, 0.3) is 0 Å². The highest BCUT2D eigenvalue weighted by atomic mass is 15.1. The number of hydrogen-bond acceptors (Lipinski definition) is 2. The molecular weight excluding hydrogens is 234 g/mol. The van der Waals surface area contributed by atoms with Gasteiger partial charge in [0.2, 0.25) is 0 Å². The predicted molar refractivity (Wildman–Crippen MR) is 81.5 cm³/mol. The van der Waals surface area contributed by atoms with E-state index in [1.54, 1.807) is 0 Å². The van der Waals surface area contributed by atoms with Crippen LogP contribution in [0, 0.1) is 0 Å². The molecule has 1 aromatic heterocycles. The zero-order valence-electron chi connectivity index (χ0n) is 12.8. The smallest absolute Gasteiger partial charge is 0.127 e. The van der Waals surface area contributed by atoms with E-state index in [0.717, 1.165) is 31.6 Å². The normalized spacial score (nSPS) is 16.6. The first-order valence-corrected chi connectivity index (χ1v) is 8.08. The molecule has 1 heterocycles. The lowest BCUT2D eigenvalue weighted by Crippen LogP contribution is -2.10. The number of hydrogen-bond donors (Lipinski definition) is 1. The molecule has 0 radical (unpaired) electrons. The molecule has 1 fully saturated rings. The molecule has 0 unspecified atom stereocenters. The highest BCUT2D eigenvalue weighted by Gasteiger charge is 2.26. The Balaban J connectivity index is 2.37. The molecule has 0 bridgehead atoms. The van der Waals surface area contributed by atoms with Crippen LogP contribution in [0.2, 0.25) is 0 Å². The Bertz CT molecular complexity index is 398. The van der Waals surface area contributed by atoms with E-state index in [1.807, 2.05) is 0 Å². The molecule has 108 valence electrons. The first-order chi connectivity index (χ1) is 9.22. The van der Waals surface area contributed by atoms with Gasteiger partial charge in [-0.1, -0.05) is 33.6 Å². The van der Waals surface area contributed by atoms with Gasteiger partial charge >= 0.3 is 0 Å². The van der Waals surface area contributed by atoms with Crippen molar-refractivity contribution in [1.29, 1.82) is 0 Å². The van der Waals surface area contributed by atoms with Crippen LogP contribution in [-0.2, 0) is 6.54 Å². The molecule has 1 aliphatic carbocycles. The van der Waals surface area contributed by atoms with Crippen LogP contribution in [0.5, 0.6) is 0 Å². The summed E-state index contributed by atoms with van der Waals surface area (Å²) in [5.74, 6) is 3.39. The van der Waals surface area contributed by atoms with Crippen molar-refractivity contribution in [2.45, 2.75) is 84.1 Å². The largest absolute Gasteiger partial charge is 0.384 e. The maximum absolute atomic E-state index is 6.41. The number of anilines is 1. The van der Waals surface area contributed by atoms with E-state index >= 15 is 0 Å². The van der Waals surface area contributed by atoms with E-state index in [9.17, 15) is 0 Å². The van der Waals surface area contributed by atoms with Gasteiger partial charge in [-0.05, 0) is 32.1 Å². The summed E-state index contributed by atoms with van der Waals surface area (Å²) >= 11 is 0. The molecule has 0 aromatic carbocycles. The number of imidazole rings is 1. The lowest BCUT2D eigenvalue weighted by Gasteiger charge is -2.13. The standard InChI is InChI=1S/C16H29N3/c1-4-11-19-15(17)14(12(5-2)6-3)18-16(19)13-9-7-8-10-13/h12-13H,4-11,17H2,1-3H3. The first-order valence-electron chi connectivity index (χ1n) is 8.08. The van der Waals surface area contributed by atoms with E-state index in [1.165, 1.54) is 37.2 Å². The van der Waals surface area contributed by atoms with E-state index in [4.69, 9.17) is 10.7 Å². The molecule has 1 saturated carbocycles. The number of nitrogens with two attached hydrogens (primary N) is 1. The van der Waals surface area contributed by atoms with E-state index in [0.29, 0.717) is 11.8 Å². The van der Waals surface area contributed by atoms with Crippen molar-refractivity contribution < 1.29 is 0 Å². The molecule has 3 nitrogen and oxygen atoms in total. The summed E-state index contributed by atoms with van der Waals surface area (Å²) in [4.78, 5) is 4.99. The third-order valence-corrected chi connectivity index (χ3v) is 4.60. The van der Waals surface area contributed by atoms with Crippen LogP contribution >= 0.6 is 0 Å². The van der Waals surface area contributed by atoms with Gasteiger partial charge in [0.1, 0.15) is 11.6 Å². The van der Waals surface area contributed by atoms with Crippen molar-refractivity contribution in [2.24, 2.45) is 0 Å². The molecule has 1 aliphatic rings. The Kier molecular flexibility index (Phi) is 4.89. The molecular formula is C16H29N3. The molecule has 19 heavy (non-hydrogen) atoms. The highest BCUT2D eigenvalue weighted by molar-refractivity contribution is 5.41. The van der Waals surface area contributed by atoms with Gasteiger partial charge in [0, 0.05) is 18.4 Å². The van der Waals surface area contributed by atoms with Crippen LogP contribution < -0.4 is 5.73 Å². The summed E-state index contributed by atoms with van der Waals surface area (Å²) in [6.45, 7) is 7.71. The van der Waals surface area contributed by atoms with Crippen molar-refractivity contribution in [3.63, 3.8) is 0 Å². The predicted octanol–water partition coefficient (Wildman–Crippen LogP) is 4.44. The minimum atomic E-state index is 0.526. The molecule has 0 amide bonds. The minimum absolute atomic E-state index is 0.526. The number of nitrogen functional groups attached to an aromatic ring is 1. The molecule has 0 saturated heterocycles. The summed E-state index contributed by atoms with van der Waals surface area (Å²) in [5.41, 5.74) is 7.58. The van der Waals surface area contributed by atoms with Gasteiger partial charge in [0.15, 0.2) is 0 Å². The maximum Gasteiger partial charge on any atom is 0.127 e. The van der Waals surface area contributed by atoms with Crippen LogP contribution in [0.1, 0.15) is 89.1 Å². The van der Waals surface area contributed by atoms with Gasteiger partial charge in [-0.25, -0.2) is 4.98 Å². The second-order valence-electron chi connectivity index (χ2n) is 5.89. The number of rotatable bonds is 6. The van der Waals surface area contributed by atoms with Crippen molar-refractivity contribution >= 4 is 5.82 Å². The van der Waals surface area contributed by atoms with Gasteiger partial charge in [-0.2, -0.15) is 0 Å². The number of nitrogens with zero attached hydrogens (tertiary/aromatic N) is 2. The number of aromatic nitrogens is 2. The molecule has 1 aromatic rings.